The van der Waals surface area contributed by atoms with Gasteiger partial charge in [-0.05, 0) is 25.8 Å². The standard InChI is InChI=1S/C22H46N4O2S/c1-2-3-4-5-6-7-8-9-10-11-12-13-17-25-22(28)20(18-29)26-21(27)19(24)15-14-16-23/h19-20,29H,2-18,23-24H2,1H3,(H,25,28)(H,26,27)/t19-,20-/m0/s1. The number of nitrogens with one attached hydrogen (secondary N) is 2. The van der Waals surface area contributed by atoms with Gasteiger partial charge in [-0.1, -0.05) is 77.6 Å². The number of carbonyl (C=O) groups excluding carboxylic acids is 2. The van der Waals surface area contributed by atoms with Gasteiger partial charge in [0.1, 0.15) is 6.04 Å². The largest absolute Gasteiger partial charge is 0.354 e. The van der Waals surface area contributed by atoms with E-state index in [0.29, 0.717) is 25.9 Å². The molecule has 0 aliphatic heterocycles. The molecule has 0 unspecified atom stereocenters. The second-order valence-electron chi connectivity index (χ2n) is 7.96. The molecule has 6 N–H and O–H groups in total. The fraction of sp³-hybridized carbons (Fsp3) is 0.909. The van der Waals surface area contributed by atoms with Gasteiger partial charge >= 0.3 is 0 Å². The summed E-state index contributed by atoms with van der Waals surface area (Å²) in [5, 5.41) is 5.57. The summed E-state index contributed by atoms with van der Waals surface area (Å²) in [4.78, 5) is 24.2. The van der Waals surface area contributed by atoms with Crippen LogP contribution in [0.15, 0.2) is 0 Å². The summed E-state index contributed by atoms with van der Waals surface area (Å²) in [6, 6.07) is -1.28. The number of nitrogens with two attached hydrogens (primary N) is 2. The highest BCUT2D eigenvalue weighted by molar-refractivity contribution is 7.80. The molecule has 0 saturated carbocycles. The van der Waals surface area contributed by atoms with E-state index in [4.69, 9.17) is 11.5 Å². The molecule has 0 bridgehead atoms. The van der Waals surface area contributed by atoms with Crippen LogP contribution in [0.3, 0.4) is 0 Å². The second kappa shape index (κ2) is 20.5. The maximum absolute atomic E-state index is 12.2. The van der Waals surface area contributed by atoms with Crippen LogP contribution in [0.1, 0.15) is 96.8 Å². The predicted molar refractivity (Wildman–Crippen MR) is 126 cm³/mol. The van der Waals surface area contributed by atoms with Gasteiger partial charge in [0.15, 0.2) is 0 Å². The van der Waals surface area contributed by atoms with Crippen LogP contribution in [0, 0.1) is 0 Å². The first-order chi connectivity index (χ1) is 14.1. The third-order valence-electron chi connectivity index (χ3n) is 5.20. The average molecular weight is 431 g/mol. The minimum Gasteiger partial charge on any atom is -0.354 e. The maximum Gasteiger partial charge on any atom is 0.243 e. The van der Waals surface area contributed by atoms with Crippen LogP contribution in [-0.2, 0) is 9.59 Å². The minimum atomic E-state index is -0.646. The van der Waals surface area contributed by atoms with Crippen LogP contribution in [0.5, 0.6) is 0 Å². The Kier molecular flexibility index (Phi) is 19.9. The number of thiol groups is 1. The molecule has 0 aromatic heterocycles. The molecule has 0 radical (unpaired) electrons. The minimum absolute atomic E-state index is 0.192. The Morgan fingerprint density at radius 3 is 1.83 bits per heavy atom. The zero-order valence-corrected chi connectivity index (χ0v) is 19.5. The van der Waals surface area contributed by atoms with Gasteiger partial charge in [-0.3, -0.25) is 9.59 Å². The third kappa shape index (κ3) is 16.7. The van der Waals surface area contributed by atoms with Gasteiger partial charge in [0.05, 0.1) is 6.04 Å². The molecular weight excluding hydrogens is 384 g/mol. The molecule has 0 rings (SSSR count). The van der Waals surface area contributed by atoms with E-state index in [0.717, 1.165) is 12.8 Å². The monoisotopic (exact) mass is 430 g/mol. The summed E-state index contributed by atoms with van der Waals surface area (Å²) in [5.74, 6) is -0.264. The molecule has 0 spiro atoms. The second-order valence-corrected chi connectivity index (χ2v) is 8.33. The van der Waals surface area contributed by atoms with E-state index >= 15 is 0 Å². The van der Waals surface area contributed by atoms with Crippen molar-refractivity contribution in [3.05, 3.63) is 0 Å². The summed E-state index contributed by atoms with van der Waals surface area (Å²) in [5.41, 5.74) is 11.2. The summed E-state index contributed by atoms with van der Waals surface area (Å²) in [7, 11) is 0. The number of amides is 2. The fourth-order valence-electron chi connectivity index (χ4n) is 3.24. The molecular formula is C22H46N4O2S. The molecule has 0 aliphatic carbocycles. The molecule has 6 nitrogen and oxygen atoms in total. The first kappa shape index (κ1) is 28.2. The van der Waals surface area contributed by atoms with E-state index in [9.17, 15) is 9.59 Å². The van der Waals surface area contributed by atoms with Crippen molar-refractivity contribution in [2.45, 2.75) is 109 Å². The summed E-state index contributed by atoms with van der Waals surface area (Å²) >= 11 is 4.17. The van der Waals surface area contributed by atoms with E-state index in [1.807, 2.05) is 0 Å². The topological polar surface area (TPSA) is 110 Å². The average Bonchev–Trinajstić information content (AvgIpc) is 2.73. The number of carbonyl (C=O) groups is 2. The number of rotatable bonds is 20. The van der Waals surface area contributed by atoms with Crippen LogP contribution in [0.25, 0.3) is 0 Å². The van der Waals surface area contributed by atoms with Crippen molar-refractivity contribution in [2.24, 2.45) is 11.5 Å². The van der Waals surface area contributed by atoms with Crippen molar-refractivity contribution in [1.82, 2.24) is 10.6 Å². The highest BCUT2D eigenvalue weighted by Gasteiger charge is 2.22. The zero-order chi connectivity index (χ0) is 21.7. The Balaban J connectivity index is 3.66. The van der Waals surface area contributed by atoms with Gasteiger partial charge in [-0.2, -0.15) is 12.6 Å². The van der Waals surface area contributed by atoms with E-state index < -0.39 is 12.1 Å². The fourth-order valence-corrected chi connectivity index (χ4v) is 3.50. The molecule has 29 heavy (non-hydrogen) atoms. The van der Waals surface area contributed by atoms with E-state index in [-0.39, 0.29) is 17.6 Å². The van der Waals surface area contributed by atoms with Crippen LogP contribution in [0.2, 0.25) is 0 Å². The molecule has 7 heteroatoms. The smallest absolute Gasteiger partial charge is 0.243 e. The quantitative estimate of drug-likeness (QED) is 0.151. The molecule has 0 saturated heterocycles. The predicted octanol–water partition coefficient (Wildman–Crippen LogP) is 3.28. The van der Waals surface area contributed by atoms with Crippen molar-refractivity contribution in [2.75, 3.05) is 18.8 Å². The molecule has 2 amide bonds. The van der Waals surface area contributed by atoms with Crippen LogP contribution >= 0.6 is 12.6 Å². The van der Waals surface area contributed by atoms with Crippen LogP contribution < -0.4 is 22.1 Å². The summed E-state index contributed by atoms with van der Waals surface area (Å²) in [6.45, 7) is 3.38. The Labute approximate surface area is 184 Å². The van der Waals surface area contributed by atoms with Gasteiger partial charge in [0, 0.05) is 12.3 Å². The normalized spacial score (nSPS) is 13.1. The van der Waals surface area contributed by atoms with Crippen molar-refractivity contribution >= 4 is 24.4 Å². The lowest BCUT2D eigenvalue weighted by Crippen LogP contribution is -2.52. The number of hydrogen-bond donors (Lipinski definition) is 5. The maximum atomic E-state index is 12.2. The molecule has 0 aromatic carbocycles. The lowest BCUT2D eigenvalue weighted by Gasteiger charge is -2.19. The van der Waals surface area contributed by atoms with Gasteiger partial charge < -0.3 is 22.1 Å². The summed E-state index contributed by atoms with van der Waals surface area (Å²) < 4.78 is 0. The first-order valence-electron chi connectivity index (χ1n) is 11.7. The Bertz CT molecular complexity index is 410. The lowest BCUT2D eigenvalue weighted by molar-refractivity contribution is -0.129. The van der Waals surface area contributed by atoms with Crippen molar-refractivity contribution in [1.29, 1.82) is 0 Å². The Morgan fingerprint density at radius 2 is 1.34 bits per heavy atom. The first-order valence-corrected chi connectivity index (χ1v) is 12.3. The lowest BCUT2D eigenvalue weighted by atomic mass is 10.1. The number of unbranched alkanes of at least 4 members (excludes halogenated alkanes) is 11. The van der Waals surface area contributed by atoms with Crippen molar-refractivity contribution in [3.8, 4) is 0 Å². The van der Waals surface area contributed by atoms with Crippen molar-refractivity contribution < 1.29 is 9.59 Å². The Morgan fingerprint density at radius 1 is 0.828 bits per heavy atom. The molecule has 2 atom stereocenters. The Hall–Kier alpha value is -0.790. The van der Waals surface area contributed by atoms with E-state index in [2.05, 4.69) is 30.2 Å². The molecule has 172 valence electrons. The van der Waals surface area contributed by atoms with Crippen LogP contribution in [-0.4, -0.2) is 42.7 Å². The zero-order valence-electron chi connectivity index (χ0n) is 18.6. The molecule has 0 aliphatic rings. The summed E-state index contributed by atoms with van der Waals surface area (Å²) in [6.07, 6.45) is 16.7. The van der Waals surface area contributed by atoms with E-state index in [1.54, 1.807) is 0 Å². The van der Waals surface area contributed by atoms with Crippen LogP contribution in [0.4, 0.5) is 0 Å². The molecule has 0 heterocycles. The third-order valence-corrected chi connectivity index (χ3v) is 5.57. The van der Waals surface area contributed by atoms with E-state index in [1.165, 1.54) is 64.2 Å². The highest BCUT2D eigenvalue weighted by atomic mass is 32.1. The van der Waals surface area contributed by atoms with Crippen molar-refractivity contribution in [3.63, 3.8) is 0 Å². The highest BCUT2D eigenvalue weighted by Crippen LogP contribution is 2.11. The SMILES string of the molecule is CCCCCCCCCCCCCCNC(=O)[C@H](CS)NC(=O)[C@@H](N)CCCN. The molecule has 0 fully saturated rings. The van der Waals surface area contributed by atoms with Gasteiger partial charge in [-0.15, -0.1) is 0 Å². The van der Waals surface area contributed by atoms with Gasteiger partial charge in [0.2, 0.25) is 11.8 Å². The number of hydrogen-bond acceptors (Lipinski definition) is 5. The van der Waals surface area contributed by atoms with Gasteiger partial charge in [-0.25, -0.2) is 0 Å². The van der Waals surface area contributed by atoms with Gasteiger partial charge in [0.25, 0.3) is 0 Å². The molecule has 0 aromatic rings.